The van der Waals surface area contributed by atoms with Crippen LogP contribution in [0, 0.1) is 6.92 Å². The number of methoxy groups -OCH3 is 1. The Bertz CT molecular complexity index is 861. The third kappa shape index (κ3) is 5.82. The molecule has 0 spiro atoms. The van der Waals surface area contributed by atoms with Gasteiger partial charge in [0.2, 0.25) is 0 Å². The van der Waals surface area contributed by atoms with Crippen molar-refractivity contribution < 1.29 is 4.74 Å². The SMILES string of the molecule is COc1ccc(CN(CCCn2ccnc2)C(=S)Nc2ccc(C)cc2)cc1. The van der Waals surface area contributed by atoms with E-state index < -0.39 is 0 Å². The van der Waals surface area contributed by atoms with E-state index in [1.807, 2.05) is 24.7 Å². The number of ether oxygens (including phenoxy) is 1. The number of rotatable bonds is 8. The fourth-order valence-corrected chi connectivity index (χ4v) is 3.18. The summed E-state index contributed by atoms with van der Waals surface area (Å²) in [5, 5.41) is 4.10. The van der Waals surface area contributed by atoms with Crippen LogP contribution in [0.1, 0.15) is 17.5 Å². The molecule has 0 saturated carbocycles. The lowest BCUT2D eigenvalue weighted by atomic mass is 10.2. The van der Waals surface area contributed by atoms with Gasteiger partial charge in [0.05, 0.1) is 13.4 Å². The van der Waals surface area contributed by atoms with Gasteiger partial charge in [0, 0.05) is 37.7 Å². The summed E-state index contributed by atoms with van der Waals surface area (Å²) in [6.45, 7) is 4.58. The van der Waals surface area contributed by atoms with Gasteiger partial charge in [0.1, 0.15) is 5.75 Å². The minimum absolute atomic E-state index is 0.727. The maximum absolute atomic E-state index is 5.72. The Morgan fingerprint density at radius 1 is 1.14 bits per heavy atom. The first kappa shape index (κ1) is 19.9. The number of nitrogens with one attached hydrogen (secondary N) is 1. The van der Waals surface area contributed by atoms with Gasteiger partial charge < -0.3 is 19.5 Å². The average Bonchev–Trinajstić information content (AvgIpc) is 3.23. The van der Waals surface area contributed by atoms with Crippen molar-refractivity contribution in [2.24, 2.45) is 0 Å². The second kappa shape index (κ2) is 9.90. The zero-order chi connectivity index (χ0) is 19.8. The lowest BCUT2D eigenvalue weighted by molar-refractivity contribution is 0.394. The molecule has 0 atom stereocenters. The second-order valence-corrected chi connectivity index (χ2v) is 7.11. The first-order valence-corrected chi connectivity index (χ1v) is 9.76. The Hall–Kier alpha value is -2.86. The van der Waals surface area contributed by atoms with Crippen LogP contribution in [-0.2, 0) is 13.1 Å². The van der Waals surface area contributed by atoms with Crippen molar-refractivity contribution in [3.05, 3.63) is 78.4 Å². The summed E-state index contributed by atoms with van der Waals surface area (Å²) in [5.74, 6) is 0.857. The highest BCUT2D eigenvalue weighted by Crippen LogP contribution is 2.15. The molecule has 3 aromatic rings. The fourth-order valence-electron chi connectivity index (χ4n) is 2.91. The Balaban J connectivity index is 1.66. The molecule has 0 saturated heterocycles. The highest BCUT2D eigenvalue weighted by Gasteiger charge is 2.11. The van der Waals surface area contributed by atoms with Crippen molar-refractivity contribution >= 4 is 23.0 Å². The normalized spacial score (nSPS) is 10.5. The van der Waals surface area contributed by atoms with Crippen LogP contribution < -0.4 is 10.1 Å². The van der Waals surface area contributed by atoms with Crippen molar-refractivity contribution in [1.82, 2.24) is 14.5 Å². The molecule has 0 amide bonds. The Morgan fingerprint density at radius 2 is 1.89 bits per heavy atom. The number of nitrogens with zero attached hydrogens (tertiary/aromatic N) is 3. The number of aryl methyl sites for hydroxylation is 2. The van der Waals surface area contributed by atoms with E-state index in [4.69, 9.17) is 17.0 Å². The summed E-state index contributed by atoms with van der Waals surface area (Å²) in [4.78, 5) is 6.30. The van der Waals surface area contributed by atoms with E-state index in [-0.39, 0.29) is 0 Å². The molecule has 28 heavy (non-hydrogen) atoms. The van der Waals surface area contributed by atoms with Gasteiger partial charge in [0.25, 0.3) is 0 Å². The Kier molecular flexibility index (Phi) is 7.03. The van der Waals surface area contributed by atoms with Crippen LogP contribution in [-0.4, -0.2) is 33.2 Å². The molecule has 2 aromatic carbocycles. The highest BCUT2D eigenvalue weighted by molar-refractivity contribution is 7.80. The predicted molar refractivity (Wildman–Crippen MR) is 118 cm³/mol. The summed E-state index contributed by atoms with van der Waals surface area (Å²) < 4.78 is 7.34. The van der Waals surface area contributed by atoms with E-state index in [1.54, 1.807) is 13.3 Å². The van der Waals surface area contributed by atoms with Gasteiger partial charge in [-0.3, -0.25) is 0 Å². The van der Waals surface area contributed by atoms with E-state index in [2.05, 4.69) is 63.1 Å². The molecule has 1 heterocycles. The molecule has 0 unspecified atom stereocenters. The van der Waals surface area contributed by atoms with Crippen LogP contribution in [0.3, 0.4) is 0 Å². The van der Waals surface area contributed by atoms with E-state index in [9.17, 15) is 0 Å². The summed E-state index contributed by atoms with van der Waals surface area (Å²) in [5.41, 5.74) is 3.42. The topological polar surface area (TPSA) is 42.3 Å². The number of imidazole rings is 1. The quantitative estimate of drug-likeness (QED) is 0.570. The predicted octanol–water partition coefficient (Wildman–Crippen LogP) is 4.49. The van der Waals surface area contributed by atoms with Crippen LogP contribution >= 0.6 is 12.2 Å². The molecule has 0 fully saturated rings. The molecule has 5 nitrogen and oxygen atoms in total. The molecule has 1 N–H and O–H groups in total. The minimum Gasteiger partial charge on any atom is -0.497 e. The largest absolute Gasteiger partial charge is 0.497 e. The molecule has 6 heteroatoms. The van der Waals surface area contributed by atoms with Crippen LogP contribution in [0.4, 0.5) is 5.69 Å². The van der Waals surface area contributed by atoms with Crippen LogP contribution in [0.2, 0.25) is 0 Å². The molecule has 146 valence electrons. The minimum atomic E-state index is 0.727. The maximum atomic E-state index is 5.72. The van der Waals surface area contributed by atoms with E-state index in [1.165, 1.54) is 11.1 Å². The summed E-state index contributed by atoms with van der Waals surface area (Å²) in [6, 6.07) is 16.4. The molecule has 3 rings (SSSR count). The number of hydrogen-bond acceptors (Lipinski definition) is 3. The first-order chi connectivity index (χ1) is 13.6. The van der Waals surface area contributed by atoms with Crippen molar-refractivity contribution in [2.45, 2.75) is 26.4 Å². The zero-order valence-electron chi connectivity index (χ0n) is 16.3. The number of hydrogen-bond donors (Lipinski definition) is 1. The van der Waals surface area contributed by atoms with Crippen molar-refractivity contribution in [2.75, 3.05) is 19.0 Å². The van der Waals surface area contributed by atoms with Crippen LogP contribution in [0.15, 0.2) is 67.3 Å². The summed E-state index contributed by atoms with van der Waals surface area (Å²) in [6.07, 6.45) is 6.61. The molecule has 0 aliphatic heterocycles. The maximum Gasteiger partial charge on any atom is 0.173 e. The fraction of sp³-hybridized carbons (Fsp3) is 0.273. The Morgan fingerprint density at radius 3 is 2.54 bits per heavy atom. The summed E-state index contributed by atoms with van der Waals surface area (Å²) in [7, 11) is 1.68. The summed E-state index contributed by atoms with van der Waals surface area (Å²) >= 11 is 5.72. The molecule has 1 aromatic heterocycles. The third-order valence-electron chi connectivity index (χ3n) is 4.53. The van der Waals surface area contributed by atoms with Gasteiger partial charge >= 0.3 is 0 Å². The van der Waals surface area contributed by atoms with Crippen LogP contribution in [0.5, 0.6) is 5.75 Å². The monoisotopic (exact) mass is 394 g/mol. The molecular weight excluding hydrogens is 368 g/mol. The van der Waals surface area contributed by atoms with Gasteiger partial charge in [-0.05, 0) is 55.4 Å². The van der Waals surface area contributed by atoms with Crippen LogP contribution in [0.25, 0.3) is 0 Å². The molecule has 0 aliphatic rings. The highest BCUT2D eigenvalue weighted by atomic mass is 32.1. The van der Waals surface area contributed by atoms with Gasteiger partial charge in [-0.25, -0.2) is 4.98 Å². The molecule has 0 radical (unpaired) electrons. The number of thiocarbonyl (C=S) groups is 1. The van der Waals surface area contributed by atoms with Gasteiger partial charge in [0.15, 0.2) is 5.11 Å². The third-order valence-corrected chi connectivity index (χ3v) is 4.89. The molecule has 0 aliphatic carbocycles. The first-order valence-electron chi connectivity index (χ1n) is 9.35. The van der Waals surface area contributed by atoms with Gasteiger partial charge in [-0.15, -0.1) is 0 Å². The molecule has 0 bridgehead atoms. The molecular formula is C22H26N4OS. The van der Waals surface area contributed by atoms with Gasteiger partial charge in [-0.1, -0.05) is 29.8 Å². The van der Waals surface area contributed by atoms with E-state index in [0.717, 1.165) is 42.6 Å². The Labute approximate surface area is 172 Å². The van der Waals surface area contributed by atoms with Crippen molar-refractivity contribution in [3.8, 4) is 5.75 Å². The van der Waals surface area contributed by atoms with E-state index in [0.29, 0.717) is 0 Å². The average molecular weight is 395 g/mol. The van der Waals surface area contributed by atoms with E-state index >= 15 is 0 Å². The van der Waals surface area contributed by atoms with Crippen molar-refractivity contribution in [1.29, 1.82) is 0 Å². The number of benzene rings is 2. The lowest BCUT2D eigenvalue weighted by Crippen LogP contribution is -2.35. The smallest absolute Gasteiger partial charge is 0.173 e. The second-order valence-electron chi connectivity index (χ2n) is 6.72. The van der Waals surface area contributed by atoms with Crippen molar-refractivity contribution in [3.63, 3.8) is 0 Å². The number of anilines is 1. The van der Waals surface area contributed by atoms with Gasteiger partial charge in [-0.2, -0.15) is 0 Å². The lowest BCUT2D eigenvalue weighted by Gasteiger charge is -2.26. The number of aromatic nitrogens is 2. The standard InChI is InChI=1S/C22H26N4OS/c1-18-4-8-20(9-5-18)24-22(28)26(14-3-13-25-15-12-23-17-25)16-19-6-10-21(27-2)11-7-19/h4-12,15,17H,3,13-14,16H2,1-2H3,(H,24,28). The zero-order valence-corrected chi connectivity index (χ0v) is 17.2.